The minimum Gasteiger partial charge on any atom is -0.125 e. The Morgan fingerprint density at radius 3 is 2.67 bits per heavy atom. The monoisotopic (exact) mass is 218 g/mol. The molecule has 80 valence electrons. The molecule has 3 rings (SSSR count). The highest BCUT2D eigenvalue weighted by molar-refractivity contribution is 7.99. The molecule has 1 aliphatic heterocycles. The number of rotatable bonds is 0. The standard InChI is InChI=1S/C14H18S/c1-4-8-14(9-5-1)10-12-6-2-3-7-13(12)15-11-14/h2-3,6-7H,1,4-5,8-11H2. The molecule has 1 spiro atoms. The summed E-state index contributed by atoms with van der Waals surface area (Å²) >= 11 is 2.09. The minimum atomic E-state index is 0.664. The second kappa shape index (κ2) is 3.86. The fourth-order valence-electron chi connectivity index (χ4n) is 3.10. The molecular formula is C14H18S. The van der Waals surface area contributed by atoms with Crippen LogP contribution in [0.2, 0.25) is 0 Å². The van der Waals surface area contributed by atoms with Crippen LogP contribution in [0.25, 0.3) is 0 Å². The van der Waals surface area contributed by atoms with Crippen LogP contribution in [0.5, 0.6) is 0 Å². The highest BCUT2D eigenvalue weighted by Crippen LogP contribution is 2.47. The molecule has 0 bridgehead atoms. The fraction of sp³-hybridized carbons (Fsp3) is 0.571. The van der Waals surface area contributed by atoms with E-state index in [-0.39, 0.29) is 0 Å². The molecule has 0 radical (unpaired) electrons. The average Bonchev–Trinajstić information content (AvgIpc) is 2.30. The molecule has 0 amide bonds. The Bertz CT molecular complexity index is 350. The van der Waals surface area contributed by atoms with Crippen LogP contribution < -0.4 is 0 Å². The third-order valence-electron chi connectivity index (χ3n) is 3.99. The van der Waals surface area contributed by atoms with Gasteiger partial charge in [0.25, 0.3) is 0 Å². The van der Waals surface area contributed by atoms with Crippen molar-refractivity contribution in [1.29, 1.82) is 0 Å². The Balaban J connectivity index is 1.87. The van der Waals surface area contributed by atoms with Crippen LogP contribution in [-0.2, 0) is 6.42 Å². The lowest BCUT2D eigenvalue weighted by Gasteiger charge is -2.40. The highest BCUT2D eigenvalue weighted by Gasteiger charge is 2.35. The van der Waals surface area contributed by atoms with Gasteiger partial charge in [0.2, 0.25) is 0 Å². The maximum atomic E-state index is 2.33. The van der Waals surface area contributed by atoms with Gasteiger partial charge in [0, 0.05) is 10.6 Å². The number of thioether (sulfide) groups is 1. The molecule has 0 N–H and O–H groups in total. The van der Waals surface area contributed by atoms with E-state index in [1.54, 1.807) is 5.56 Å². The normalized spacial score (nSPS) is 23.7. The molecule has 1 fully saturated rings. The molecule has 1 heteroatoms. The van der Waals surface area contributed by atoms with E-state index in [2.05, 4.69) is 36.0 Å². The van der Waals surface area contributed by atoms with Gasteiger partial charge in [0.1, 0.15) is 0 Å². The van der Waals surface area contributed by atoms with Gasteiger partial charge in [-0.25, -0.2) is 0 Å². The maximum Gasteiger partial charge on any atom is 0.0104 e. The summed E-state index contributed by atoms with van der Waals surface area (Å²) in [6, 6.07) is 8.99. The minimum absolute atomic E-state index is 0.664. The quantitative estimate of drug-likeness (QED) is 0.626. The fourth-order valence-corrected chi connectivity index (χ4v) is 4.45. The molecule has 0 nitrogen and oxygen atoms in total. The van der Waals surface area contributed by atoms with Crippen molar-refractivity contribution in [3.63, 3.8) is 0 Å². The summed E-state index contributed by atoms with van der Waals surface area (Å²) in [7, 11) is 0. The van der Waals surface area contributed by atoms with Gasteiger partial charge in [0.05, 0.1) is 0 Å². The Kier molecular flexibility index (Phi) is 2.51. The van der Waals surface area contributed by atoms with Crippen molar-refractivity contribution in [3.05, 3.63) is 29.8 Å². The molecule has 0 aromatic heterocycles. The first-order chi connectivity index (χ1) is 7.38. The summed E-state index contributed by atoms with van der Waals surface area (Å²) in [4.78, 5) is 1.54. The van der Waals surface area contributed by atoms with Crippen LogP contribution in [0.3, 0.4) is 0 Å². The smallest absolute Gasteiger partial charge is 0.0104 e. The molecule has 1 aliphatic carbocycles. The lowest BCUT2D eigenvalue weighted by molar-refractivity contribution is 0.217. The van der Waals surface area contributed by atoms with Gasteiger partial charge >= 0.3 is 0 Å². The SMILES string of the molecule is c1ccc2c(c1)CC1(CCCCC1)CS2. The van der Waals surface area contributed by atoms with Crippen LogP contribution in [0.15, 0.2) is 29.2 Å². The zero-order valence-electron chi connectivity index (χ0n) is 9.17. The Morgan fingerprint density at radius 2 is 1.80 bits per heavy atom. The molecule has 1 saturated carbocycles. The summed E-state index contributed by atoms with van der Waals surface area (Å²) < 4.78 is 0. The maximum absolute atomic E-state index is 2.33. The van der Waals surface area contributed by atoms with Crippen LogP contribution in [0.1, 0.15) is 37.7 Å². The van der Waals surface area contributed by atoms with Gasteiger partial charge in [0.15, 0.2) is 0 Å². The van der Waals surface area contributed by atoms with E-state index in [0.29, 0.717) is 5.41 Å². The van der Waals surface area contributed by atoms with Gasteiger partial charge in [-0.05, 0) is 36.3 Å². The van der Waals surface area contributed by atoms with Crippen LogP contribution in [0.4, 0.5) is 0 Å². The zero-order valence-corrected chi connectivity index (χ0v) is 9.98. The lowest BCUT2D eigenvalue weighted by atomic mass is 9.71. The summed E-state index contributed by atoms with van der Waals surface area (Å²) in [5.74, 6) is 1.37. The van der Waals surface area contributed by atoms with Crippen molar-refractivity contribution < 1.29 is 0 Å². The predicted octanol–water partition coefficient (Wildman–Crippen LogP) is 4.29. The summed E-state index contributed by atoms with van der Waals surface area (Å²) in [6.07, 6.45) is 8.67. The van der Waals surface area contributed by atoms with E-state index in [1.165, 1.54) is 49.2 Å². The molecule has 0 unspecified atom stereocenters. The summed E-state index contributed by atoms with van der Waals surface area (Å²) in [6.45, 7) is 0. The van der Waals surface area contributed by atoms with Crippen molar-refractivity contribution in [3.8, 4) is 0 Å². The van der Waals surface area contributed by atoms with Gasteiger partial charge in [-0.3, -0.25) is 0 Å². The molecule has 1 aromatic carbocycles. The topological polar surface area (TPSA) is 0 Å². The number of hydrogen-bond acceptors (Lipinski definition) is 1. The Morgan fingerprint density at radius 1 is 1.00 bits per heavy atom. The number of benzene rings is 1. The second-order valence-electron chi connectivity index (χ2n) is 5.13. The van der Waals surface area contributed by atoms with Gasteiger partial charge in [-0.15, -0.1) is 11.8 Å². The van der Waals surface area contributed by atoms with Crippen molar-refractivity contribution in [2.75, 3.05) is 5.75 Å². The molecule has 1 heterocycles. The van der Waals surface area contributed by atoms with E-state index in [4.69, 9.17) is 0 Å². The van der Waals surface area contributed by atoms with E-state index < -0.39 is 0 Å². The summed E-state index contributed by atoms with van der Waals surface area (Å²) in [5, 5.41) is 0. The molecule has 2 aliphatic rings. The Hall–Kier alpha value is -0.430. The number of fused-ring (bicyclic) bond motifs is 1. The van der Waals surface area contributed by atoms with Gasteiger partial charge < -0.3 is 0 Å². The number of hydrogen-bond donors (Lipinski definition) is 0. The van der Waals surface area contributed by atoms with Crippen molar-refractivity contribution in [1.82, 2.24) is 0 Å². The van der Waals surface area contributed by atoms with Crippen molar-refractivity contribution in [2.24, 2.45) is 5.41 Å². The van der Waals surface area contributed by atoms with Crippen molar-refractivity contribution in [2.45, 2.75) is 43.4 Å². The van der Waals surface area contributed by atoms with Crippen LogP contribution in [0, 0.1) is 5.41 Å². The highest BCUT2D eigenvalue weighted by atomic mass is 32.2. The van der Waals surface area contributed by atoms with Gasteiger partial charge in [-0.2, -0.15) is 0 Å². The molecule has 0 atom stereocenters. The third-order valence-corrected chi connectivity index (χ3v) is 5.45. The van der Waals surface area contributed by atoms with Crippen LogP contribution in [-0.4, -0.2) is 5.75 Å². The first-order valence-electron chi connectivity index (χ1n) is 6.09. The van der Waals surface area contributed by atoms with E-state index in [0.717, 1.165) is 0 Å². The molecule has 1 aromatic rings. The van der Waals surface area contributed by atoms with E-state index in [1.807, 2.05) is 0 Å². The largest absolute Gasteiger partial charge is 0.125 e. The van der Waals surface area contributed by atoms with Gasteiger partial charge in [-0.1, -0.05) is 37.5 Å². The molecule has 0 saturated heterocycles. The van der Waals surface area contributed by atoms with Crippen LogP contribution >= 0.6 is 11.8 Å². The molecule has 15 heavy (non-hydrogen) atoms. The van der Waals surface area contributed by atoms with Crippen molar-refractivity contribution >= 4 is 11.8 Å². The summed E-state index contributed by atoms with van der Waals surface area (Å²) in [5.41, 5.74) is 2.27. The average molecular weight is 218 g/mol. The third kappa shape index (κ3) is 1.82. The second-order valence-corrected chi connectivity index (χ2v) is 6.15. The zero-order chi connectivity index (χ0) is 10.1. The first kappa shape index (κ1) is 9.77. The predicted molar refractivity (Wildman–Crippen MR) is 66.4 cm³/mol. The molecular weight excluding hydrogens is 200 g/mol. The lowest BCUT2D eigenvalue weighted by Crippen LogP contribution is -2.31. The Labute approximate surface area is 96.5 Å². The first-order valence-corrected chi connectivity index (χ1v) is 7.07. The van der Waals surface area contributed by atoms with E-state index in [9.17, 15) is 0 Å². The van der Waals surface area contributed by atoms with E-state index >= 15 is 0 Å².